The third-order valence-corrected chi connectivity index (χ3v) is 7.63. The van der Waals surface area contributed by atoms with Crippen molar-refractivity contribution in [3.8, 4) is 11.4 Å². The maximum absolute atomic E-state index is 10.1. The van der Waals surface area contributed by atoms with Crippen LogP contribution in [0.2, 0.25) is 0 Å². The molecule has 0 spiro atoms. The highest BCUT2D eigenvalue weighted by atomic mass is 16.3. The number of aliphatic hydroxyl groups is 1. The van der Waals surface area contributed by atoms with Gasteiger partial charge >= 0.3 is 0 Å². The highest BCUT2D eigenvalue weighted by molar-refractivity contribution is 5.75. The molecule has 3 heterocycles. The van der Waals surface area contributed by atoms with Crippen molar-refractivity contribution in [1.29, 1.82) is 0 Å². The number of aromatic nitrogens is 7. The molecule has 0 aliphatic heterocycles. The van der Waals surface area contributed by atoms with Crippen LogP contribution in [-0.2, 0) is 13.5 Å². The maximum Gasteiger partial charge on any atom is 0.204 e. The summed E-state index contributed by atoms with van der Waals surface area (Å²) >= 11 is 0. The number of rotatable bonds is 10. The Kier molecular flexibility index (Phi) is 22.3. The lowest BCUT2D eigenvalue weighted by molar-refractivity contribution is 0.0471. The molecule has 0 aliphatic carbocycles. The summed E-state index contributed by atoms with van der Waals surface area (Å²) in [6.45, 7) is 28.5. The van der Waals surface area contributed by atoms with Gasteiger partial charge in [-0.1, -0.05) is 110 Å². The highest BCUT2D eigenvalue weighted by Gasteiger charge is 2.18. The lowest BCUT2D eigenvalue weighted by Gasteiger charge is -2.20. The molecule has 4 aromatic rings. The Morgan fingerprint density at radius 1 is 1.00 bits per heavy atom. The number of allylic oxidation sites excluding steroid dienone is 5. The number of H-pyrrole nitrogens is 1. The number of fused-ring (bicyclic) bond motifs is 1. The van der Waals surface area contributed by atoms with Crippen LogP contribution < -0.4 is 0 Å². The molecule has 8 heteroatoms. The molecule has 0 saturated heterocycles. The fourth-order valence-corrected chi connectivity index (χ4v) is 4.60. The van der Waals surface area contributed by atoms with Crippen molar-refractivity contribution in [3.05, 3.63) is 88.9 Å². The minimum Gasteiger partial charge on any atom is -0.390 e. The third kappa shape index (κ3) is 14.9. The van der Waals surface area contributed by atoms with E-state index in [0.29, 0.717) is 5.82 Å². The number of nitrogens with one attached hydrogen (secondary N) is 1. The normalized spacial score (nSPS) is 12.2. The SMILES string of the molecule is C=C/C(CCC)=C(\C=C/C)CC.CC.CCC.CCC(C)(O)CCc1cc(C)c2nc(C)n(C)c2n1.Cc1ccccc1-c1nn[nH]n1. The van der Waals surface area contributed by atoms with E-state index < -0.39 is 5.60 Å². The zero-order valence-corrected chi connectivity index (χ0v) is 32.4. The monoisotopic (exact) mass is 660 g/mol. The van der Waals surface area contributed by atoms with Gasteiger partial charge in [-0.05, 0) is 100 Å². The molecule has 0 fully saturated rings. The summed E-state index contributed by atoms with van der Waals surface area (Å²) in [5.41, 5.74) is 8.49. The zero-order valence-electron chi connectivity index (χ0n) is 32.4. The van der Waals surface area contributed by atoms with Gasteiger partial charge in [-0.15, -0.1) is 10.2 Å². The summed E-state index contributed by atoms with van der Waals surface area (Å²) in [5.74, 6) is 1.62. The molecule has 2 N–H and O–H groups in total. The summed E-state index contributed by atoms with van der Waals surface area (Å²) in [4.78, 5) is 9.21. The first-order chi connectivity index (χ1) is 22.9. The molecule has 1 aromatic carbocycles. The van der Waals surface area contributed by atoms with E-state index in [4.69, 9.17) is 0 Å². The Morgan fingerprint density at radius 3 is 2.15 bits per heavy atom. The second kappa shape index (κ2) is 24.3. The standard InChI is InChI=1S/C15H23N3O.C12H20.C8H8N4.C3H8.C2H6/c1-6-15(4,19)8-7-12-9-10(2)13-14(17-12)18(5)11(3)16-13;1-5-9-11(7-3)12(8-4)10-6-2;1-6-4-2-3-5-7(6)8-9-11-12-10-8;1-3-2;1-2/h9,19H,6-8H2,1-5H3;6-7,10H,3,5,8-9H2,1-2,4H3;2-5H,1H3,(H,9,10,11,12);3H2,1-2H3;1-2H3/b;10-6-,12-11+;;;. The fraction of sp³-hybridized carbons (Fsp3) is 0.525. The fourth-order valence-electron chi connectivity index (χ4n) is 4.60. The molecule has 0 bridgehead atoms. The predicted octanol–water partition coefficient (Wildman–Crippen LogP) is 10.6. The van der Waals surface area contributed by atoms with Gasteiger partial charge in [0.05, 0.1) is 5.60 Å². The number of nitrogens with zero attached hydrogens (tertiary/aromatic N) is 6. The van der Waals surface area contributed by atoms with E-state index in [-0.39, 0.29) is 0 Å². The Hall–Kier alpha value is -3.91. The van der Waals surface area contributed by atoms with E-state index in [0.717, 1.165) is 71.5 Å². The predicted molar refractivity (Wildman–Crippen MR) is 206 cm³/mol. The minimum absolute atomic E-state index is 0.604. The third-order valence-electron chi connectivity index (χ3n) is 7.63. The lowest BCUT2D eigenvalue weighted by Crippen LogP contribution is -2.23. The van der Waals surface area contributed by atoms with Crippen molar-refractivity contribution in [2.45, 2.75) is 134 Å². The zero-order chi connectivity index (χ0) is 36.7. The second-order valence-electron chi connectivity index (χ2n) is 11.8. The smallest absolute Gasteiger partial charge is 0.204 e. The second-order valence-corrected chi connectivity index (χ2v) is 11.8. The minimum atomic E-state index is -0.604. The van der Waals surface area contributed by atoms with Crippen molar-refractivity contribution < 1.29 is 5.11 Å². The molecule has 8 nitrogen and oxygen atoms in total. The molecule has 1 atom stereocenters. The molecule has 266 valence electrons. The van der Waals surface area contributed by atoms with Crippen LogP contribution in [0.4, 0.5) is 0 Å². The molecule has 3 aromatic heterocycles. The number of aryl methyl sites for hydroxylation is 5. The Balaban J connectivity index is 0.000000669. The Labute approximate surface area is 291 Å². The molecule has 1 unspecified atom stereocenters. The molecule has 0 radical (unpaired) electrons. The van der Waals surface area contributed by atoms with Gasteiger partial charge in [0.15, 0.2) is 5.65 Å². The quantitative estimate of drug-likeness (QED) is 0.164. The van der Waals surface area contributed by atoms with Crippen molar-refractivity contribution in [3.63, 3.8) is 0 Å². The summed E-state index contributed by atoms with van der Waals surface area (Å²) in [6, 6.07) is 10.0. The van der Waals surface area contributed by atoms with Gasteiger partial charge in [-0.2, -0.15) is 5.21 Å². The summed E-state index contributed by atoms with van der Waals surface area (Å²) in [5, 5.41) is 23.8. The molecule has 0 saturated carbocycles. The van der Waals surface area contributed by atoms with E-state index in [9.17, 15) is 5.11 Å². The average Bonchev–Trinajstić information content (AvgIpc) is 3.72. The van der Waals surface area contributed by atoms with Crippen LogP contribution in [0.1, 0.15) is 123 Å². The largest absolute Gasteiger partial charge is 0.390 e. The van der Waals surface area contributed by atoms with E-state index in [2.05, 4.69) is 96.9 Å². The van der Waals surface area contributed by atoms with Crippen molar-refractivity contribution >= 4 is 11.2 Å². The number of benzene rings is 1. The van der Waals surface area contributed by atoms with Gasteiger partial charge in [-0.3, -0.25) is 0 Å². The highest BCUT2D eigenvalue weighted by Crippen LogP contribution is 2.22. The number of imidazole rings is 1. The van der Waals surface area contributed by atoms with Crippen molar-refractivity contribution in [1.82, 2.24) is 35.2 Å². The van der Waals surface area contributed by atoms with Crippen LogP contribution >= 0.6 is 0 Å². The van der Waals surface area contributed by atoms with Crippen LogP contribution in [0.5, 0.6) is 0 Å². The van der Waals surface area contributed by atoms with E-state index >= 15 is 0 Å². The molecule has 0 amide bonds. The Morgan fingerprint density at radius 2 is 1.65 bits per heavy atom. The van der Waals surface area contributed by atoms with Gasteiger partial charge in [0.25, 0.3) is 0 Å². The molecule has 0 aliphatic rings. The lowest BCUT2D eigenvalue weighted by atomic mass is 9.96. The van der Waals surface area contributed by atoms with Gasteiger partial charge in [-0.25, -0.2) is 9.97 Å². The Bertz CT molecular complexity index is 1510. The first-order valence-corrected chi connectivity index (χ1v) is 17.7. The van der Waals surface area contributed by atoms with Crippen LogP contribution in [0.15, 0.2) is 66.3 Å². The average molecular weight is 660 g/mol. The number of pyridine rings is 1. The van der Waals surface area contributed by atoms with E-state index in [1.165, 1.54) is 24.0 Å². The van der Waals surface area contributed by atoms with Crippen LogP contribution in [0.3, 0.4) is 0 Å². The first kappa shape index (κ1) is 44.1. The van der Waals surface area contributed by atoms with Gasteiger partial charge < -0.3 is 9.67 Å². The van der Waals surface area contributed by atoms with Crippen molar-refractivity contribution in [2.24, 2.45) is 7.05 Å². The summed E-state index contributed by atoms with van der Waals surface area (Å²) in [7, 11) is 1.99. The first-order valence-electron chi connectivity index (χ1n) is 17.7. The summed E-state index contributed by atoms with van der Waals surface area (Å²) in [6.07, 6.45) is 13.3. The van der Waals surface area contributed by atoms with Crippen LogP contribution in [0, 0.1) is 20.8 Å². The number of aromatic amines is 1. The van der Waals surface area contributed by atoms with Gasteiger partial charge in [0.2, 0.25) is 5.82 Å². The van der Waals surface area contributed by atoms with Crippen LogP contribution in [-0.4, -0.2) is 45.9 Å². The van der Waals surface area contributed by atoms with Gasteiger partial charge in [0.1, 0.15) is 11.3 Å². The molecular weight excluding hydrogens is 594 g/mol. The molecule has 48 heavy (non-hydrogen) atoms. The maximum atomic E-state index is 10.1. The summed E-state index contributed by atoms with van der Waals surface area (Å²) < 4.78 is 2.02. The van der Waals surface area contributed by atoms with E-state index in [1.807, 2.05) is 83.5 Å². The molecular formula is C40H65N7O. The van der Waals surface area contributed by atoms with E-state index in [1.54, 1.807) is 0 Å². The number of hydrogen-bond acceptors (Lipinski definition) is 6. The topological polar surface area (TPSA) is 105 Å². The molecule has 4 rings (SSSR count). The van der Waals surface area contributed by atoms with Gasteiger partial charge in [0, 0.05) is 18.3 Å². The van der Waals surface area contributed by atoms with Crippen molar-refractivity contribution in [2.75, 3.05) is 0 Å². The van der Waals surface area contributed by atoms with Crippen LogP contribution in [0.25, 0.3) is 22.6 Å². The number of hydrogen-bond donors (Lipinski definition) is 2. The number of tetrazole rings is 1.